The predicted molar refractivity (Wildman–Crippen MR) is 80.7 cm³/mol. The van der Waals surface area contributed by atoms with Gasteiger partial charge in [-0.15, -0.1) is 0 Å². The van der Waals surface area contributed by atoms with Crippen molar-refractivity contribution in [2.24, 2.45) is 0 Å². The minimum Gasteiger partial charge on any atom is -0.384 e. The molecular formula is C18H19N. The zero-order chi connectivity index (χ0) is 12.7. The molecule has 2 aliphatic rings. The molecule has 0 radical (unpaired) electrons. The summed E-state index contributed by atoms with van der Waals surface area (Å²) in [7, 11) is 0. The van der Waals surface area contributed by atoms with E-state index in [2.05, 4.69) is 47.8 Å². The van der Waals surface area contributed by atoms with E-state index < -0.39 is 0 Å². The lowest BCUT2D eigenvalue weighted by atomic mass is 9.80. The Balaban J connectivity index is 1.64. The molecule has 0 bridgehead atoms. The molecule has 1 aliphatic heterocycles. The van der Waals surface area contributed by atoms with Gasteiger partial charge >= 0.3 is 0 Å². The largest absolute Gasteiger partial charge is 0.384 e. The lowest BCUT2D eigenvalue weighted by Gasteiger charge is -2.25. The van der Waals surface area contributed by atoms with E-state index >= 15 is 0 Å². The topological polar surface area (TPSA) is 12.0 Å². The minimum absolute atomic E-state index is 0.829. The normalized spacial score (nSPS) is 17.7. The van der Waals surface area contributed by atoms with E-state index in [1.807, 2.05) is 0 Å². The van der Waals surface area contributed by atoms with E-state index in [1.54, 1.807) is 0 Å². The summed E-state index contributed by atoms with van der Waals surface area (Å²) in [6, 6.07) is 16.0. The van der Waals surface area contributed by atoms with Gasteiger partial charge in [0.15, 0.2) is 0 Å². The van der Waals surface area contributed by atoms with Gasteiger partial charge in [-0.3, -0.25) is 0 Å². The first-order valence-electron chi connectivity index (χ1n) is 7.37. The molecule has 1 N–H and O–H groups in total. The molecule has 0 saturated heterocycles. The van der Waals surface area contributed by atoms with Gasteiger partial charge in [0.25, 0.3) is 0 Å². The van der Waals surface area contributed by atoms with Gasteiger partial charge in [0.2, 0.25) is 0 Å². The summed E-state index contributed by atoms with van der Waals surface area (Å²) in [5.41, 5.74) is 6.96. The summed E-state index contributed by atoms with van der Waals surface area (Å²) < 4.78 is 0. The maximum Gasteiger partial charge on any atom is 0.0379 e. The van der Waals surface area contributed by atoms with Crippen LogP contribution in [0.3, 0.4) is 0 Å². The number of anilines is 1. The average molecular weight is 249 g/mol. The molecule has 1 nitrogen and oxygen atoms in total. The number of fused-ring (bicyclic) bond motifs is 1. The van der Waals surface area contributed by atoms with Gasteiger partial charge in [-0.2, -0.15) is 0 Å². The fourth-order valence-corrected chi connectivity index (χ4v) is 3.16. The number of benzene rings is 2. The van der Waals surface area contributed by atoms with Crippen molar-refractivity contribution in [1.29, 1.82) is 0 Å². The van der Waals surface area contributed by atoms with Gasteiger partial charge in [0, 0.05) is 12.2 Å². The third-order valence-electron chi connectivity index (χ3n) is 4.64. The monoisotopic (exact) mass is 249 g/mol. The first kappa shape index (κ1) is 11.1. The van der Waals surface area contributed by atoms with Gasteiger partial charge in [0.1, 0.15) is 0 Å². The average Bonchev–Trinajstić information content (AvgIpc) is 2.85. The highest BCUT2D eigenvalue weighted by Crippen LogP contribution is 2.37. The van der Waals surface area contributed by atoms with E-state index in [-0.39, 0.29) is 0 Å². The molecule has 0 aromatic heterocycles. The fraction of sp³-hybridized carbons (Fsp3) is 0.333. The summed E-state index contributed by atoms with van der Waals surface area (Å²) in [4.78, 5) is 0. The second-order valence-corrected chi connectivity index (χ2v) is 5.80. The summed E-state index contributed by atoms with van der Waals surface area (Å²) in [6.07, 6.45) is 5.32. The lowest BCUT2D eigenvalue weighted by molar-refractivity contribution is 0.420. The Labute approximate surface area is 114 Å². The van der Waals surface area contributed by atoms with Crippen LogP contribution in [0.2, 0.25) is 0 Å². The molecule has 2 aromatic rings. The Morgan fingerprint density at radius 1 is 0.895 bits per heavy atom. The molecule has 1 aliphatic carbocycles. The number of hydrogen-bond donors (Lipinski definition) is 1. The Kier molecular flexibility index (Phi) is 2.58. The molecule has 96 valence electrons. The van der Waals surface area contributed by atoms with Crippen LogP contribution < -0.4 is 5.32 Å². The van der Waals surface area contributed by atoms with Crippen LogP contribution in [0.1, 0.15) is 36.3 Å². The SMILES string of the molecule is c1cc(C2CCC2)ccc1-c1ccc2c(c1)NCC2. The highest BCUT2D eigenvalue weighted by Gasteiger charge is 2.19. The molecule has 1 heterocycles. The van der Waals surface area contributed by atoms with E-state index in [1.165, 1.54) is 47.2 Å². The summed E-state index contributed by atoms with van der Waals surface area (Å²) in [5.74, 6) is 0.829. The molecule has 19 heavy (non-hydrogen) atoms. The number of hydrogen-bond acceptors (Lipinski definition) is 1. The zero-order valence-electron chi connectivity index (χ0n) is 11.2. The van der Waals surface area contributed by atoms with Crippen molar-refractivity contribution >= 4 is 5.69 Å². The zero-order valence-corrected chi connectivity index (χ0v) is 11.2. The third-order valence-corrected chi connectivity index (χ3v) is 4.64. The number of rotatable bonds is 2. The van der Waals surface area contributed by atoms with Crippen LogP contribution in [0.5, 0.6) is 0 Å². The van der Waals surface area contributed by atoms with Crippen molar-refractivity contribution < 1.29 is 0 Å². The van der Waals surface area contributed by atoms with Crippen molar-refractivity contribution in [1.82, 2.24) is 0 Å². The molecule has 0 amide bonds. The van der Waals surface area contributed by atoms with Crippen LogP contribution in [0.25, 0.3) is 11.1 Å². The van der Waals surface area contributed by atoms with Crippen molar-refractivity contribution in [2.45, 2.75) is 31.6 Å². The third kappa shape index (κ3) is 1.94. The minimum atomic E-state index is 0.829. The second kappa shape index (κ2) is 4.41. The molecule has 0 atom stereocenters. The van der Waals surface area contributed by atoms with E-state index in [0.29, 0.717) is 0 Å². The first-order chi connectivity index (χ1) is 9.40. The van der Waals surface area contributed by atoms with Crippen LogP contribution in [0.4, 0.5) is 5.69 Å². The Morgan fingerprint density at radius 3 is 2.42 bits per heavy atom. The van der Waals surface area contributed by atoms with Crippen molar-refractivity contribution in [3.8, 4) is 11.1 Å². The van der Waals surface area contributed by atoms with E-state index in [4.69, 9.17) is 0 Å². The quantitative estimate of drug-likeness (QED) is 0.821. The van der Waals surface area contributed by atoms with Crippen LogP contribution in [-0.4, -0.2) is 6.54 Å². The summed E-state index contributed by atoms with van der Waals surface area (Å²) in [5, 5.41) is 3.46. The van der Waals surface area contributed by atoms with Crippen LogP contribution in [-0.2, 0) is 6.42 Å². The van der Waals surface area contributed by atoms with Gasteiger partial charge in [0.05, 0.1) is 0 Å². The maximum absolute atomic E-state index is 3.46. The fourth-order valence-electron chi connectivity index (χ4n) is 3.16. The molecule has 4 rings (SSSR count). The van der Waals surface area contributed by atoms with E-state index in [9.17, 15) is 0 Å². The van der Waals surface area contributed by atoms with E-state index in [0.717, 1.165) is 18.9 Å². The highest BCUT2D eigenvalue weighted by molar-refractivity contribution is 5.71. The Morgan fingerprint density at radius 2 is 1.68 bits per heavy atom. The van der Waals surface area contributed by atoms with Crippen molar-refractivity contribution in [2.75, 3.05) is 11.9 Å². The molecule has 0 spiro atoms. The van der Waals surface area contributed by atoms with Gasteiger partial charge in [-0.25, -0.2) is 0 Å². The summed E-state index contributed by atoms with van der Waals surface area (Å²) in [6.45, 7) is 1.08. The Hall–Kier alpha value is -1.76. The molecule has 0 unspecified atom stereocenters. The van der Waals surface area contributed by atoms with Gasteiger partial charge < -0.3 is 5.32 Å². The van der Waals surface area contributed by atoms with Crippen LogP contribution in [0.15, 0.2) is 42.5 Å². The van der Waals surface area contributed by atoms with Crippen molar-refractivity contribution in [3.05, 3.63) is 53.6 Å². The van der Waals surface area contributed by atoms with Crippen LogP contribution >= 0.6 is 0 Å². The molecule has 1 heteroatoms. The smallest absolute Gasteiger partial charge is 0.0379 e. The molecule has 2 aromatic carbocycles. The van der Waals surface area contributed by atoms with Gasteiger partial charge in [-0.05, 0) is 53.5 Å². The molecular weight excluding hydrogens is 230 g/mol. The molecule has 1 saturated carbocycles. The highest BCUT2D eigenvalue weighted by atomic mass is 14.9. The Bertz CT molecular complexity index is 594. The van der Waals surface area contributed by atoms with Crippen LogP contribution in [0, 0.1) is 0 Å². The van der Waals surface area contributed by atoms with Crippen molar-refractivity contribution in [3.63, 3.8) is 0 Å². The standard InChI is InChI=1S/C18H19N/c1-2-13(3-1)14-4-6-15(7-5-14)17-9-8-16-10-11-19-18(16)12-17/h4-9,12-13,19H,1-3,10-11H2. The first-order valence-corrected chi connectivity index (χ1v) is 7.37. The molecule has 1 fully saturated rings. The number of nitrogens with one attached hydrogen (secondary N) is 1. The predicted octanol–water partition coefficient (Wildman–Crippen LogP) is 4.59. The summed E-state index contributed by atoms with van der Waals surface area (Å²) >= 11 is 0. The second-order valence-electron chi connectivity index (χ2n) is 5.80. The maximum atomic E-state index is 3.46. The lowest BCUT2D eigenvalue weighted by Crippen LogP contribution is -2.08. The van der Waals surface area contributed by atoms with Gasteiger partial charge in [-0.1, -0.05) is 42.8 Å².